The molecule has 0 spiro atoms. The Morgan fingerprint density at radius 1 is 1.22 bits per heavy atom. The predicted octanol–water partition coefficient (Wildman–Crippen LogP) is 1.28. The van der Waals surface area contributed by atoms with Crippen LogP contribution in [-0.4, -0.2) is 29.1 Å². The van der Waals surface area contributed by atoms with Crippen molar-refractivity contribution in [1.29, 1.82) is 0 Å². The summed E-state index contributed by atoms with van der Waals surface area (Å²) in [6.07, 6.45) is 1.01. The monoisotopic (exact) mass is 244 g/mol. The summed E-state index contributed by atoms with van der Waals surface area (Å²) >= 11 is 0. The van der Waals surface area contributed by atoms with Crippen LogP contribution < -0.4 is 5.32 Å². The maximum atomic E-state index is 11.4. The zero-order valence-electron chi connectivity index (χ0n) is 10.1. The summed E-state index contributed by atoms with van der Waals surface area (Å²) in [6.45, 7) is 0.282. The molecule has 2 N–H and O–H groups in total. The molecule has 0 fully saturated rings. The highest BCUT2D eigenvalue weighted by Crippen LogP contribution is 2.12. The molecule has 2 rings (SSSR count). The minimum atomic E-state index is -0.0565. The molecule has 0 atom stereocenters. The van der Waals surface area contributed by atoms with Crippen LogP contribution in [0.4, 0.5) is 0 Å². The number of nitrogens with one attached hydrogen (secondary N) is 1. The third-order valence-corrected chi connectivity index (χ3v) is 2.70. The van der Waals surface area contributed by atoms with Gasteiger partial charge in [-0.1, -0.05) is 24.3 Å². The molecular weight excluding hydrogens is 228 g/mol. The number of carbonyl (C=O) groups excluding carboxylic acids is 1. The molecule has 0 unspecified atom stereocenters. The standard InChI is InChI=1S/C14H16N2O2/c17-10-9-15-14(18)8-7-12-6-5-11-3-1-2-4-13(11)16-12/h1-6,17H,7-10H2,(H,15,18). The first-order valence-corrected chi connectivity index (χ1v) is 6.02. The van der Waals surface area contributed by atoms with E-state index < -0.39 is 0 Å². The number of aryl methyl sites for hydroxylation is 1. The number of aliphatic hydroxyl groups is 1. The van der Waals surface area contributed by atoms with E-state index in [-0.39, 0.29) is 12.5 Å². The summed E-state index contributed by atoms with van der Waals surface area (Å²) in [7, 11) is 0. The van der Waals surface area contributed by atoms with Crippen molar-refractivity contribution in [1.82, 2.24) is 10.3 Å². The van der Waals surface area contributed by atoms with Gasteiger partial charge in [0.2, 0.25) is 5.91 Å². The molecule has 0 aliphatic carbocycles. The van der Waals surface area contributed by atoms with Gasteiger partial charge in [-0.25, -0.2) is 0 Å². The van der Waals surface area contributed by atoms with Crippen LogP contribution in [0.2, 0.25) is 0 Å². The topological polar surface area (TPSA) is 62.2 Å². The number of pyridine rings is 1. The molecule has 0 radical (unpaired) electrons. The van der Waals surface area contributed by atoms with Crippen LogP contribution in [0.25, 0.3) is 10.9 Å². The van der Waals surface area contributed by atoms with E-state index in [9.17, 15) is 4.79 Å². The number of hydrogen-bond acceptors (Lipinski definition) is 3. The number of aromatic nitrogens is 1. The Hall–Kier alpha value is -1.94. The van der Waals surface area contributed by atoms with E-state index in [1.54, 1.807) is 0 Å². The number of nitrogens with zero attached hydrogens (tertiary/aromatic N) is 1. The number of aliphatic hydroxyl groups excluding tert-OH is 1. The summed E-state index contributed by atoms with van der Waals surface area (Å²) in [6, 6.07) is 11.9. The Bertz CT molecular complexity index is 540. The zero-order valence-corrected chi connectivity index (χ0v) is 10.1. The molecule has 0 aliphatic heterocycles. The van der Waals surface area contributed by atoms with E-state index in [2.05, 4.69) is 10.3 Å². The quantitative estimate of drug-likeness (QED) is 0.832. The van der Waals surface area contributed by atoms with E-state index in [0.717, 1.165) is 16.6 Å². The first-order valence-electron chi connectivity index (χ1n) is 6.02. The summed E-state index contributed by atoms with van der Waals surface area (Å²) in [4.78, 5) is 15.9. The number of carbonyl (C=O) groups is 1. The minimum Gasteiger partial charge on any atom is -0.395 e. The summed E-state index contributed by atoms with van der Waals surface area (Å²) in [5.41, 5.74) is 1.86. The Labute approximate surface area is 106 Å². The van der Waals surface area contributed by atoms with Crippen molar-refractivity contribution in [3.8, 4) is 0 Å². The van der Waals surface area contributed by atoms with Crippen molar-refractivity contribution < 1.29 is 9.90 Å². The Balaban J connectivity index is 1.97. The van der Waals surface area contributed by atoms with Crippen molar-refractivity contribution in [2.24, 2.45) is 0 Å². The maximum Gasteiger partial charge on any atom is 0.220 e. The number of para-hydroxylation sites is 1. The highest BCUT2D eigenvalue weighted by Gasteiger charge is 2.03. The van der Waals surface area contributed by atoms with Crippen LogP contribution in [-0.2, 0) is 11.2 Å². The predicted molar refractivity (Wildman–Crippen MR) is 70.2 cm³/mol. The second kappa shape index (κ2) is 6.12. The van der Waals surface area contributed by atoms with Crippen molar-refractivity contribution in [2.45, 2.75) is 12.8 Å². The fraction of sp³-hybridized carbons (Fsp3) is 0.286. The summed E-state index contributed by atoms with van der Waals surface area (Å²) < 4.78 is 0. The molecule has 0 bridgehead atoms. The van der Waals surface area contributed by atoms with Crippen LogP contribution in [0.3, 0.4) is 0 Å². The first-order chi connectivity index (χ1) is 8.79. The molecule has 2 aromatic rings. The van der Waals surface area contributed by atoms with Gasteiger partial charge in [0.15, 0.2) is 0 Å². The largest absolute Gasteiger partial charge is 0.395 e. The van der Waals surface area contributed by atoms with Gasteiger partial charge in [-0.3, -0.25) is 9.78 Å². The Kier molecular flexibility index (Phi) is 4.25. The second-order valence-corrected chi connectivity index (χ2v) is 4.07. The third-order valence-electron chi connectivity index (χ3n) is 2.70. The molecule has 1 amide bonds. The minimum absolute atomic E-state index is 0.0278. The van der Waals surface area contributed by atoms with E-state index in [0.29, 0.717) is 19.4 Å². The molecule has 4 nitrogen and oxygen atoms in total. The van der Waals surface area contributed by atoms with Crippen LogP contribution in [0.5, 0.6) is 0 Å². The average molecular weight is 244 g/mol. The number of amides is 1. The van der Waals surface area contributed by atoms with Crippen LogP contribution in [0.15, 0.2) is 36.4 Å². The normalized spacial score (nSPS) is 10.5. The van der Waals surface area contributed by atoms with E-state index >= 15 is 0 Å². The van der Waals surface area contributed by atoms with Crippen molar-refractivity contribution in [2.75, 3.05) is 13.2 Å². The molecule has 94 valence electrons. The number of rotatable bonds is 5. The lowest BCUT2D eigenvalue weighted by atomic mass is 10.1. The van der Waals surface area contributed by atoms with Gasteiger partial charge < -0.3 is 10.4 Å². The first kappa shape index (κ1) is 12.5. The highest BCUT2D eigenvalue weighted by molar-refractivity contribution is 5.79. The number of hydrogen-bond donors (Lipinski definition) is 2. The highest BCUT2D eigenvalue weighted by atomic mass is 16.3. The molecule has 4 heteroatoms. The Morgan fingerprint density at radius 3 is 2.89 bits per heavy atom. The average Bonchev–Trinajstić information content (AvgIpc) is 2.42. The second-order valence-electron chi connectivity index (χ2n) is 4.07. The summed E-state index contributed by atoms with van der Waals surface area (Å²) in [5, 5.41) is 12.3. The number of fused-ring (bicyclic) bond motifs is 1. The molecule has 1 heterocycles. The fourth-order valence-corrected chi connectivity index (χ4v) is 1.77. The van der Waals surface area contributed by atoms with Crippen LogP contribution in [0, 0.1) is 0 Å². The molecular formula is C14H16N2O2. The third kappa shape index (κ3) is 3.28. The van der Waals surface area contributed by atoms with Gasteiger partial charge in [0.25, 0.3) is 0 Å². The van der Waals surface area contributed by atoms with Gasteiger partial charge in [0, 0.05) is 24.0 Å². The molecule has 18 heavy (non-hydrogen) atoms. The Morgan fingerprint density at radius 2 is 2.06 bits per heavy atom. The fourth-order valence-electron chi connectivity index (χ4n) is 1.77. The van der Waals surface area contributed by atoms with Crippen LogP contribution in [0.1, 0.15) is 12.1 Å². The van der Waals surface area contributed by atoms with Gasteiger partial charge in [-0.15, -0.1) is 0 Å². The smallest absolute Gasteiger partial charge is 0.220 e. The number of benzene rings is 1. The lowest BCUT2D eigenvalue weighted by Crippen LogP contribution is -2.26. The van der Waals surface area contributed by atoms with Gasteiger partial charge in [-0.2, -0.15) is 0 Å². The van der Waals surface area contributed by atoms with Gasteiger partial charge in [-0.05, 0) is 18.6 Å². The lowest BCUT2D eigenvalue weighted by Gasteiger charge is -2.04. The molecule has 0 aliphatic rings. The van der Waals surface area contributed by atoms with Gasteiger partial charge >= 0.3 is 0 Å². The molecule has 0 saturated carbocycles. The zero-order chi connectivity index (χ0) is 12.8. The van der Waals surface area contributed by atoms with Gasteiger partial charge in [0.05, 0.1) is 12.1 Å². The van der Waals surface area contributed by atoms with Crippen molar-refractivity contribution in [3.05, 3.63) is 42.1 Å². The van der Waals surface area contributed by atoms with Crippen molar-refractivity contribution >= 4 is 16.8 Å². The summed E-state index contributed by atoms with van der Waals surface area (Å²) in [5.74, 6) is -0.0565. The SMILES string of the molecule is O=C(CCc1ccc2ccccc2n1)NCCO. The molecule has 1 aromatic heterocycles. The molecule has 0 saturated heterocycles. The van der Waals surface area contributed by atoms with E-state index in [1.165, 1.54) is 0 Å². The maximum absolute atomic E-state index is 11.4. The lowest BCUT2D eigenvalue weighted by molar-refractivity contribution is -0.121. The van der Waals surface area contributed by atoms with Gasteiger partial charge in [0.1, 0.15) is 0 Å². The van der Waals surface area contributed by atoms with E-state index in [1.807, 2.05) is 36.4 Å². The molecule has 1 aromatic carbocycles. The van der Waals surface area contributed by atoms with Crippen molar-refractivity contribution in [3.63, 3.8) is 0 Å². The van der Waals surface area contributed by atoms with Crippen LogP contribution >= 0.6 is 0 Å². The van der Waals surface area contributed by atoms with E-state index in [4.69, 9.17) is 5.11 Å².